The molecule has 0 amide bonds. The van der Waals surface area contributed by atoms with Gasteiger partial charge in [0, 0.05) is 30.5 Å². The van der Waals surface area contributed by atoms with Crippen LogP contribution in [-0.4, -0.2) is 39.3 Å². The van der Waals surface area contributed by atoms with Crippen LogP contribution in [0.25, 0.3) is 11.3 Å². The summed E-state index contributed by atoms with van der Waals surface area (Å²) in [7, 11) is 0. The maximum atomic E-state index is 4.47. The van der Waals surface area contributed by atoms with Crippen molar-refractivity contribution >= 4 is 5.95 Å². The standard InChI is InChI=1S/C11H14N6/c1-3-12-7-9(1)16-11-13-4-2-10(17-11)8-5-14-15-6-8/h2,4-6,9,12H,1,3,7H2,(H,14,15)(H,13,16,17). The number of aromatic nitrogens is 4. The minimum absolute atomic E-state index is 0.426. The van der Waals surface area contributed by atoms with Crippen LogP contribution in [0.1, 0.15) is 6.42 Å². The predicted octanol–water partition coefficient (Wildman–Crippen LogP) is 0.640. The number of hydrogen-bond donors (Lipinski definition) is 3. The topological polar surface area (TPSA) is 78.5 Å². The third-order valence-electron chi connectivity index (χ3n) is 2.84. The van der Waals surface area contributed by atoms with Gasteiger partial charge in [-0.1, -0.05) is 0 Å². The van der Waals surface area contributed by atoms with E-state index in [4.69, 9.17) is 0 Å². The lowest BCUT2D eigenvalue weighted by atomic mass is 10.2. The molecule has 3 N–H and O–H groups in total. The summed E-state index contributed by atoms with van der Waals surface area (Å²) in [5.74, 6) is 0.678. The summed E-state index contributed by atoms with van der Waals surface area (Å²) in [6.07, 6.45) is 6.45. The highest BCUT2D eigenvalue weighted by Gasteiger charge is 2.15. The van der Waals surface area contributed by atoms with Crippen molar-refractivity contribution in [1.82, 2.24) is 25.5 Å². The van der Waals surface area contributed by atoms with E-state index in [-0.39, 0.29) is 0 Å². The molecule has 0 saturated carbocycles. The van der Waals surface area contributed by atoms with Crippen LogP contribution in [-0.2, 0) is 0 Å². The van der Waals surface area contributed by atoms with Gasteiger partial charge in [-0.15, -0.1) is 0 Å². The molecule has 1 aliphatic rings. The maximum Gasteiger partial charge on any atom is 0.223 e. The van der Waals surface area contributed by atoms with E-state index in [1.807, 2.05) is 12.3 Å². The fraction of sp³-hybridized carbons (Fsp3) is 0.364. The highest BCUT2D eigenvalue weighted by molar-refractivity contribution is 5.57. The van der Waals surface area contributed by atoms with Crippen LogP contribution in [0.15, 0.2) is 24.7 Å². The number of H-pyrrole nitrogens is 1. The minimum Gasteiger partial charge on any atom is -0.350 e. The molecule has 6 heteroatoms. The summed E-state index contributed by atoms with van der Waals surface area (Å²) < 4.78 is 0. The molecule has 0 bridgehead atoms. The molecule has 6 nitrogen and oxygen atoms in total. The molecule has 17 heavy (non-hydrogen) atoms. The van der Waals surface area contributed by atoms with Crippen molar-refractivity contribution in [3.05, 3.63) is 24.7 Å². The zero-order valence-corrected chi connectivity index (χ0v) is 9.35. The second-order valence-corrected chi connectivity index (χ2v) is 4.09. The van der Waals surface area contributed by atoms with E-state index >= 15 is 0 Å². The van der Waals surface area contributed by atoms with Crippen LogP contribution in [0.3, 0.4) is 0 Å². The Morgan fingerprint density at radius 3 is 3.18 bits per heavy atom. The third-order valence-corrected chi connectivity index (χ3v) is 2.84. The van der Waals surface area contributed by atoms with Gasteiger partial charge < -0.3 is 10.6 Å². The van der Waals surface area contributed by atoms with E-state index in [1.54, 1.807) is 12.4 Å². The number of aromatic amines is 1. The number of hydrogen-bond acceptors (Lipinski definition) is 5. The lowest BCUT2D eigenvalue weighted by Crippen LogP contribution is -2.23. The first kappa shape index (κ1) is 10.2. The summed E-state index contributed by atoms with van der Waals surface area (Å²) in [6.45, 7) is 2.03. The molecule has 1 aliphatic heterocycles. The van der Waals surface area contributed by atoms with Gasteiger partial charge in [-0.05, 0) is 19.0 Å². The summed E-state index contributed by atoms with van der Waals surface area (Å²) in [6, 6.07) is 2.30. The normalized spacial score (nSPS) is 19.4. The van der Waals surface area contributed by atoms with Gasteiger partial charge in [0.05, 0.1) is 11.9 Å². The Labute approximate surface area is 98.9 Å². The van der Waals surface area contributed by atoms with E-state index in [1.165, 1.54) is 0 Å². The molecule has 88 valence electrons. The summed E-state index contributed by atoms with van der Waals surface area (Å²) in [5, 5.41) is 13.3. The number of rotatable bonds is 3. The fourth-order valence-electron chi connectivity index (χ4n) is 1.94. The summed E-state index contributed by atoms with van der Waals surface area (Å²) in [5.41, 5.74) is 1.85. The first-order valence-corrected chi connectivity index (χ1v) is 5.71. The SMILES string of the molecule is c1cc(-c2cn[nH]c2)nc(NC2CCNC2)n1. The molecule has 0 aromatic carbocycles. The Bertz CT molecular complexity index is 474. The van der Waals surface area contributed by atoms with Crippen molar-refractivity contribution in [2.45, 2.75) is 12.5 Å². The second kappa shape index (κ2) is 4.50. The van der Waals surface area contributed by atoms with Crippen molar-refractivity contribution in [2.24, 2.45) is 0 Å². The van der Waals surface area contributed by atoms with Gasteiger partial charge in [0.25, 0.3) is 0 Å². The Kier molecular flexibility index (Phi) is 2.71. The molecule has 2 aromatic rings. The predicted molar refractivity (Wildman–Crippen MR) is 64.5 cm³/mol. The molecule has 0 radical (unpaired) electrons. The van der Waals surface area contributed by atoms with Crippen molar-refractivity contribution in [1.29, 1.82) is 0 Å². The van der Waals surface area contributed by atoms with Crippen LogP contribution >= 0.6 is 0 Å². The Balaban J connectivity index is 1.79. The smallest absolute Gasteiger partial charge is 0.223 e. The van der Waals surface area contributed by atoms with Gasteiger partial charge in [0.1, 0.15) is 0 Å². The first-order chi connectivity index (χ1) is 8.42. The highest BCUT2D eigenvalue weighted by Crippen LogP contribution is 2.16. The molecular formula is C11H14N6. The van der Waals surface area contributed by atoms with Gasteiger partial charge >= 0.3 is 0 Å². The average Bonchev–Trinajstić information content (AvgIpc) is 3.01. The van der Waals surface area contributed by atoms with E-state index in [0.717, 1.165) is 30.8 Å². The molecular weight excluding hydrogens is 216 g/mol. The molecule has 1 fully saturated rings. The highest BCUT2D eigenvalue weighted by atomic mass is 15.1. The van der Waals surface area contributed by atoms with Crippen LogP contribution in [0.5, 0.6) is 0 Å². The van der Waals surface area contributed by atoms with E-state index in [9.17, 15) is 0 Å². The van der Waals surface area contributed by atoms with Crippen molar-refractivity contribution in [3.63, 3.8) is 0 Å². The number of nitrogens with zero attached hydrogens (tertiary/aromatic N) is 3. The first-order valence-electron chi connectivity index (χ1n) is 5.71. The molecule has 1 saturated heterocycles. The van der Waals surface area contributed by atoms with Crippen LogP contribution in [0, 0.1) is 0 Å². The average molecular weight is 230 g/mol. The van der Waals surface area contributed by atoms with Gasteiger partial charge in [0.15, 0.2) is 0 Å². The van der Waals surface area contributed by atoms with Crippen molar-refractivity contribution in [3.8, 4) is 11.3 Å². The molecule has 2 aromatic heterocycles. The van der Waals surface area contributed by atoms with Gasteiger partial charge in [-0.25, -0.2) is 9.97 Å². The molecule has 3 heterocycles. The monoisotopic (exact) mass is 230 g/mol. The Hall–Kier alpha value is -1.95. The number of nitrogens with one attached hydrogen (secondary N) is 3. The molecule has 0 spiro atoms. The van der Waals surface area contributed by atoms with Crippen molar-refractivity contribution in [2.75, 3.05) is 18.4 Å². The Morgan fingerprint density at radius 1 is 1.41 bits per heavy atom. The van der Waals surface area contributed by atoms with Crippen LogP contribution in [0.2, 0.25) is 0 Å². The van der Waals surface area contributed by atoms with Gasteiger partial charge in [-0.2, -0.15) is 5.10 Å². The molecule has 3 rings (SSSR count). The van der Waals surface area contributed by atoms with Gasteiger partial charge in [-0.3, -0.25) is 5.10 Å². The number of anilines is 1. The van der Waals surface area contributed by atoms with E-state index < -0.39 is 0 Å². The van der Waals surface area contributed by atoms with Gasteiger partial charge in [0.2, 0.25) is 5.95 Å². The lowest BCUT2D eigenvalue weighted by Gasteiger charge is -2.11. The minimum atomic E-state index is 0.426. The van der Waals surface area contributed by atoms with E-state index in [2.05, 4.69) is 30.8 Å². The van der Waals surface area contributed by atoms with Crippen LogP contribution < -0.4 is 10.6 Å². The van der Waals surface area contributed by atoms with Crippen LogP contribution in [0.4, 0.5) is 5.95 Å². The molecule has 1 atom stereocenters. The Morgan fingerprint density at radius 2 is 2.41 bits per heavy atom. The second-order valence-electron chi connectivity index (χ2n) is 4.09. The third kappa shape index (κ3) is 2.26. The maximum absolute atomic E-state index is 4.47. The zero-order chi connectivity index (χ0) is 11.5. The summed E-state index contributed by atoms with van der Waals surface area (Å²) >= 11 is 0. The quantitative estimate of drug-likeness (QED) is 0.721. The molecule has 1 unspecified atom stereocenters. The zero-order valence-electron chi connectivity index (χ0n) is 9.35. The summed E-state index contributed by atoms with van der Waals surface area (Å²) in [4.78, 5) is 8.70. The lowest BCUT2D eigenvalue weighted by molar-refractivity contribution is 0.781. The van der Waals surface area contributed by atoms with Crippen molar-refractivity contribution < 1.29 is 0 Å². The molecule has 0 aliphatic carbocycles. The largest absolute Gasteiger partial charge is 0.350 e. The van der Waals surface area contributed by atoms with E-state index in [0.29, 0.717) is 12.0 Å². The fourth-order valence-corrected chi connectivity index (χ4v) is 1.94.